The van der Waals surface area contributed by atoms with Crippen LogP contribution < -0.4 is 15.6 Å². The number of nitrogens with one attached hydrogen (secondary N) is 1. The topological polar surface area (TPSA) is 72.7 Å². The van der Waals surface area contributed by atoms with Crippen LogP contribution in [0.25, 0.3) is 4.96 Å². The summed E-state index contributed by atoms with van der Waals surface area (Å²) in [6, 6.07) is 8.78. The number of anilines is 1. The second-order valence-corrected chi connectivity index (χ2v) is 7.65. The third-order valence-corrected chi connectivity index (χ3v) is 5.60. The number of nitrogens with zero attached hydrogens (tertiary/aromatic N) is 2. The third kappa shape index (κ3) is 4.19. The molecule has 140 valence electrons. The number of amides is 1. The highest BCUT2D eigenvalue weighted by atomic mass is 32.1. The van der Waals surface area contributed by atoms with E-state index >= 15 is 0 Å². The first kappa shape index (κ1) is 17.7. The van der Waals surface area contributed by atoms with E-state index in [1.165, 1.54) is 28.2 Å². The minimum atomic E-state index is -0.111. The lowest BCUT2D eigenvalue weighted by molar-refractivity contribution is -0.120. The minimum absolute atomic E-state index is 0.109. The van der Waals surface area contributed by atoms with Gasteiger partial charge in [0.15, 0.2) is 4.96 Å². The van der Waals surface area contributed by atoms with E-state index in [0.717, 1.165) is 31.4 Å². The molecule has 1 N–H and O–H groups in total. The molecule has 3 aromatic rings. The number of aromatic nitrogens is 2. The zero-order chi connectivity index (χ0) is 18.6. The van der Waals surface area contributed by atoms with Gasteiger partial charge >= 0.3 is 0 Å². The Labute approximate surface area is 160 Å². The normalized spacial score (nSPS) is 15.0. The molecule has 0 saturated heterocycles. The predicted molar refractivity (Wildman–Crippen MR) is 105 cm³/mol. The quantitative estimate of drug-likeness (QED) is 0.726. The van der Waals surface area contributed by atoms with Crippen molar-refractivity contribution in [1.82, 2.24) is 9.38 Å². The first-order chi connectivity index (χ1) is 13.2. The molecule has 0 unspecified atom stereocenters. The molecule has 0 radical (unpaired) electrons. The molecule has 0 atom stereocenters. The smallest absolute Gasteiger partial charge is 0.258 e. The lowest BCUT2D eigenvalue weighted by Gasteiger charge is -2.20. The first-order valence-electron chi connectivity index (χ1n) is 9.18. The zero-order valence-corrected chi connectivity index (χ0v) is 15.7. The van der Waals surface area contributed by atoms with Crippen LogP contribution in [0.2, 0.25) is 0 Å². The second kappa shape index (κ2) is 7.92. The fourth-order valence-electron chi connectivity index (χ4n) is 3.36. The van der Waals surface area contributed by atoms with E-state index in [9.17, 15) is 9.59 Å². The summed E-state index contributed by atoms with van der Waals surface area (Å²) in [6.07, 6.45) is 7.18. The van der Waals surface area contributed by atoms with E-state index in [0.29, 0.717) is 16.4 Å². The molecule has 1 aromatic carbocycles. The molecule has 1 saturated carbocycles. The maximum absolute atomic E-state index is 12.3. The van der Waals surface area contributed by atoms with Gasteiger partial charge in [-0.3, -0.25) is 14.0 Å². The van der Waals surface area contributed by atoms with Crippen molar-refractivity contribution in [3.05, 3.63) is 58.0 Å². The van der Waals surface area contributed by atoms with Crippen LogP contribution >= 0.6 is 11.3 Å². The Bertz CT molecular complexity index is 988. The molecule has 1 amide bonds. The molecule has 1 aliphatic rings. The number of rotatable bonds is 5. The molecular weight excluding hydrogens is 362 g/mol. The Morgan fingerprint density at radius 2 is 2.00 bits per heavy atom. The van der Waals surface area contributed by atoms with Gasteiger partial charge in [0.1, 0.15) is 12.4 Å². The molecule has 0 bridgehead atoms. The van der Waals surface area contributed by atoms with E-state index in [1.807, 2.05) is 29.6 Å². The van der Waals surface area contributed by atoms with E-state index < -0.39 is 0 Å². The van der Waals surface area contributed by atoms with Gasteiger partial charge in [-0.2, -0.15) is 0 Å². The van der Waals surface area contributed by atoms with E-state index in [4.69, 9.17) is 4.74 Å². The summed E-state index contributed by atoms with van der Waals surface area (Å²) < 4.78 is 7.24. The fourth-order valence-corrected chi connectivity index (χ4v) is 4.10. The average Bonchev–Trinajstić information content (AvgIpc) is 3.17. The molecule has 0 spiro atoms. The summed E-state index contributed by atoms with van der Waals surface area (Å²) in [6.45, 7) is 0.220. The summed E-state index contributed by atoms with van der Waals surface area (Å²) in [7, 11) is 0. The molecule has 6 nitrogen and oxygen atoms in total. The summed E-state index contributed by atoms with van der Waals surface area (Å²) in [5.74, 6) is 0.906. The highest BCUT2D eigenvalue weighted by Crippen LogP contribution is 2.25. The number of carbonyl (C=O) groups is 1. The second-order valence-electron chi connectivity index (χ2n) is 6.78. The van der Waals surface area contributed by atoms with E-state index in [1.54, 1.807) is 6.20 Å². The van der Waals surface area contributed by atoms with Crippen LogP contribution in [-0.2, 0) is 11.4 Å². The van der Waals surface area contributed by atoms with Gasteiger partial charge in [-0.15, -0.1) is 11.3 Å². The van der Waals surface area contributed by atoms with Gasteiger partial charge in [0.2, 0.25) is 5.91 Å². The monoisotopic (exact) mass is 383 g/mol. The maximum Gasteiger partial charge on any atom is 0.258 e. The minimum Gasteiger partial charge on any atom is -0.487 e. The highest BCUT2D eigenvalue weighted by Gasteiger charge is 2.20. The molecule has 4 rings (SSSR count). The van der Waals surface area contributed by atoms with E-state index in [-0.39, 0.29) is 24.0 Å². The van der Waals surface area contributed by atoms with Crippen molar-refractivity contribution in [2.45, 2.75) is 38.7 Å². The summed E-state index contributed by atoms with van der Waals surface area (Å²) in [4.78, 5) is 29.4. The van der Waals surface area contributed by atoms with Crippen molar-refractivity contribution < 1.29 is 9.53 Å². The van der Waals surface area contributed by atoms with Crippen LogP contribution in [0.3, 0.4) is 0 Å². The SMILES string of the molecule is O=C(Nc1ccc(OCc2cc(=O)n3ccsc3n2)cc1)C1CCCCC1. The van der Waals surface area contributed by atoms with Gasteiger partial charge in [-0.05, 0) is 37.1 Å². The highest BCUT2D eigenvalue weighted by molar-refractivity contribution is 7.15. The molecule has 0 aliphatic heterocycles. The number of benzene rings is 1. The van der Waals surface area contributed by atoms with Crippen LogP contribution in [0.1, 0.15) is 37.8 Å². The number of ether oxygens (including phenoxy) is 1. The summed E-state index contributed by atoms with van der Waals surface area (Å²) in [5.41, 5.74) is 1.26. The number of thiazole rings is 1. The van der Waals surface area contributed by atoms with Gasteiger partial charge in [0, 0.05) is 29.2 Å². The van der Waals surface area contributed by atoms with Crippen LogP contribution in [0.4, 0.5) is 5.69 Å². The molecule has 7 heteroatoms. The lowest BCUT2D eigenvalue weighted by atomic mass is 9.88. The molecule has 1 aliphatic carbocycles. The van der Waals surface area contributed by atoms with Gasteiger partial charge in [-0.25, -0.2) is 4.98 Å². The predicted octanol–water partition coefficient (Wildman–Crippen LogP) is 3.85. The van der Waals surface area contributed by atoms with Crippen molar-refractivity contribution in [3.63, 3.8) is 0 Å². The van der Waals surface area contributed by atoms with Crippen LogP contribution in [0.15, 0.2) is 46.7 Å². The van der Waals surface area contributed by atoms with Crippen LogP contribution in [0, 0.1) is 5.92 Å². The molecule has 2 aromatic heterocycles. The van der Waals surface area contributed by atoms with Crippen molar-refractivity contribution in [2.75, 3.05) is 5.32 Å². The molecule has 27 heavy (non-hydrogen) atoms. The zero-order valence-electron chi connectivity index (χ0n) is 14.9. The fraction of sp³-hybridized carbons (Fsp3) is 0.350. The standard InChI is InChI=1S/C20H21N3O3S/c24-18-12-16(22-20-23(18)10-11-27-20)13-26-17-8-6-15(7-9-17)21-19(25)14-4-2-1-3-5-14/h6-12,14H,1-5,13H2,(H,21,25). The van der Waals surface area contributed by atoms with Crippen molar-refractivity contribution in [1.29, 1.82) is 0 Å². The summed E-state index contributed by atoms with van der Waals surface area (Å²) in [5, 5.41) is 4.82. The molecule has 1 fully saturated rings. The Morgan fingerprint density at radius 3 is 2.78 bits per heavy atom. The Hall–Kier alpha value is -2.67. The van der Waals surface area contributed by atoms with Crippen LogP contribution in [-0.4, -0.2) is 15.3 Å². The Morgan fingerprint density at radius 1 is 1.22 bits per heavy atom. The number of fused-ring (bicyclic) bond motifs is 1. The number of carbonyl (C=O) groups excluding carboxylic acids is 1. The first-order valence-corrected chi connectivity index (χ1v) is 10.1. The van der Waals surface area contributed by atoms with Gasteiger partial charge in [-0.1, -0.05) is 19.3 Å². The Kier molecular flexibility index (Phi) is 5.20. The lowest BCUT2D eigenvalue weighted by Crippen LogP contribution is -2.24. The Balaban J connectivity index is 1.35. The maximum atomic E-state index is 12.3. The van der Waals surface area contributed by atoms with Crippen molar-refractivity contribution in [2.24, 2.45) is 5.92 Å². The number of hydrogen-bond acceptors (Lipinski definition) is 5. The van der Waals surface area contributed by atoms with Crippen molar-refractivity contribution >= 4 is 27.9 Å². The van der Waals surface area contributed by atoms with Crippen LogP contribution in [0.5, 0.6) is 5.75 Å². The van der Waals surface area contributed by atoms with E-state index in [2.05, 4.69) is 10.3 Å². The number of hydrogen-bond donors (Lipinski definition) is 1. The molecule has 2 heterocycles. The largest absolute Gasteiger partial charge is 0.487 e. The van der Waals surface area contributed by atoms with Gasteiger partial charge < -0.3 is 10.1 Å². The molecular formula is C20H21N3O3S. The third-order valence-electron chi connectivity index (χ3n) is 4.84. The average molecular weight is 383 g/mol. The van der Waals surface area contributed by atoms with Gasteiger partial charge in [0.05, 0.1) is 5.69 Å². The summed E-state index contributed by atoms with van der Waals surface area (Å²) >= 11 is 1.41. The van der Waals surface area contributed by atoms with Gasteiger partial charge in [0.25, 0.3) is 5.56 Å². The van der Waals surface area contributed by atoms with Crippen molar-refractivity contribution in [3.8, 4) is 5.75 Å².